The Hall–Kier alpha value is -2.80. The van der Waals surface area contributed by atoms with E-state index in [1.807, 2.05) is 12.1 Å². The van der Waals surface area contributed by atoms with Gasteiger partial charge >= 0.3 is 0 Å². The Morgan fingerprint density at radius 2 is 1.75 bits per heavy atom. The SMILES string of the molecule is COc1ccc(NC(=O)COc2ccc(C(=S)N3CCCC3)cc2OC)cc1. The van der Waals surface area contributed by atoms with E-state index in [1.165, 1.54) is 12.8 Å². The van der Waals surface area contributed by atoms with E-state index in [4.69, 9.17) is 26.4 Å². The van der Waals surface area contributed by atoms with E-state index in [1.54, 1.807) is 44.6 Å². The van der Waals surface area contributed by atoms with Gasteiger partial charge in [0.25, 0.3) is 5.91 Å². The maximum absolute atomic E-state index is 12.2. The summed E-state index contributed by atoms with van der Waals surface area (Å²) in [7, 11) is 3.17. The number of likely N-dealkylation sites (tertiary alicyclic amines) is 1. The summed E-state index contributed by atoms with van der Waals surface area (Å²) >= 11 is 5.58. The van der Waals surface area contributed by atoms with Crippen molar-refractivity contribution in [2.75, 3.05) is 39.2 Å². The fraction of sp³-hybridized carbons (Fsp3) is 0.333. The van der Waals surface area contributed by atoms with Crippen molar-refractivity contribution in [3.05, 3.63) is 48.0 Å². The van der Waals surface area contributed by atoms with Crippen LogP contribution in [0.1, 0.15) is 18.4 Å². The lowest BCUT2D eigenvalue weighted by Gasteiger charge is -2.19. The molecular weight excluding hydrogens is 376 g/mol. The number of thiocarbonyl (C=S) groups is 1. The maximum atomic E-state index is 12.2. The van der Waals surface area contributed by atoms with Gasteiger partial charge in [-0.1, -0.05) is 12.2 Å². The van der Waals surface area contributed by atoms with Crippen LogP contribution in [0.3, 0.4) is 0 Å². The fourth-order valence-corrected chi connectivity index (χ4v) is 3.35. The molecule has 0 aliphatic carbocycles. The summed E-state index contributed by atoms with van der Waals surface area (Å²) in [5.41, 5.74) is 1.59. The topological polar surface area (TPSA) is 60.0 Å². The van der Waals surface area contributed by atoms with Crippen LogP contribution in [0, 0.1) is 0 Å². The minimum atomic E-state index is -0.260. The molecule has 1 N–H and O–H groups in total. The molecule has 0 radical (unpaired) electrons. The van der Waals surface area contributed by atoms with E-state index in [-0.39, 0.29) is 12.5 Å². The first-order valence-electron chi connectivity index (χ1n) is 9.14. The predicted octanol–water partition coefficient (Wildman–Crippen LogP) is 3.49. The van der Waals surface area contributed by atoms with Gasteiger partial charge in [-0.3, -0.25) is 4.79 Å². The Kier molecular flexibility index (Phi) is 6.71. The van der Waals surface area contributed by atoms with Gasteiger partial charge in [0.15, 0.2) is 18.1 Å². The summed E-state index contributed by atoms with van der Waals surface area (Å²) in [6.45, 7) is 1.86. The van der Waals surface area contributed by atoms with Crippen LogP contribution in [0.2, 0.25) is 0 Å². The Morgan fingerprint density at radius 1 is 1.04 bits per heavy atom. The molecule has 0 aromatic heterocycles. The largest absolute Gasteiger partial charge is 0.497 e. The van der Waals surface area contributed by atoms with E-state index in [9.17, 15) is 4.79 Å². The highest BCUT2D eigenvalue weighted by atomic mass is 32.1. The van der Waals surface area contributed by atoms with Crippen molar-refractivity contribution in [3.8, 4) is 17.2 Å². The molecule has 148 valence electrons. The number of rotatable bonds is 7. The van der Waals surface area contributed by atoms with E-state index < -0.39 is 0 Å². The molecule has 0 spiro atoms. The molecule has 3 rings (SSSR count). The van der Waals surface area contributed by atoms with Crippen LogP contribution in [-0.2, 0) is 4.79 Å². The van der Waals surface area contributed by atoms with Gasteiger partial charge in [-0.15, -0.1) is 0 Å². The van der Waals surface area contributed by atoms with E-state index in [0.717, 1.165) is 29.4 Å². The number of nitrogens with zero attached hydrogens (tertiary/aromatic N) is 1. The highest BCUT2D eigenvalue weighted by Gasteiger charge is 2.18. The third kappa shape index (κ3) is 4.92. The zero-order valence-electron chi connectivity index (χ0n) is 16.1. The zero-order chi connectivity index (χ0) is 19.9. The number of methoxy groups -OCH3 is 2. The van der Waals surface area contributed by atoms with E-state index in [2.05, 4.69) is 10.2 Å². The molecule has 2 aromatic rings. The number of hydrogen-bond acceptors (Lipinski definition) is 5. The minimum absolute atomic E-state index is 0.127. The van der Waals surface area contributed by atoms with Crippen LogP contribution in [0.15, 0.2) is 42.5 Å². The molecule has 6 nitrogen and oxygen atoms in total. The molecule has 1 aliphatic heterocycles. The number of benzene rings is 2. The van der Waals surface area contributed by atoms with Gasteiger partial charge in [0, 0.05) is 24.3 Å². The van der Waals surface area contributed by atoms with Crippen molar-refractivity contribution in [1.29, 1.82) is 0 Å². The summed E-state index contributed by atoms with van der Waals surface area (Å²) < 4.78 is 16.2. The summed E-state index contributed by atoms with van der Waals surface area (Å²) in [5, 5.41) is 2.78. The second kappa shape index (κ2) is 9.41. The molecule has 1 amide bonds. The molecule has 0 unspecified atom stereocenters. The average Bonchev–Trinajstić information content (AvgIpc) is 3.27. The number of amides is 1. The van der Waals surface area contributed by atoms with Gasteiger partial charge in [0.05, 0.1) is 14.2 Å². The van der Waals surface area contributed by atoms with Crippen molar-refractivity contribution in [2.45, 2.75) is 12.8 Å². The van der Waals surface area contributed by atoms with Gasteiger partial charge in [0.1, 0.15) is 10.7 Å². The zero-order valence-corrected chi connectivity index (χ0v) is 16.9. The van der Waals surface area contributed by atoms with E-state index >= 15 is 0 Å². The molecule has 0 atom stereocenters. The van der Waals surface area contributed by atoms with Gasteiger partial charge < -0.3 is 24.4 Å². The number of anilines is 1. The maximum Gasteiger partial charge on any atom is 0.262 e. The molecule has 2 aromatic carbocycles. The molecule has 1 aliphatic rings. The molecule has 0 bridgehead atoms. The van der Waals surface area contributed by atoms with Gasteiger partial charge in [0.2, 0.25) is 0 Å². The normalized spacial score (nSPS) is 13.1. The number of carbonyl (C=O) groups excluding carboxylic acids is 1. The van der Waals surface area contributed by atoms with E-state index in [0.29, 0.717) is 17.2 Å². The van der Waals surface area contributed by atoms with Crippen LogP contribution in [0.4, 0.5) is 5.69 Å². The first kappa shape index (κ1) is 19.9. The van der Waals surface area contributed by atoms with Crippen LogP contribution in [-0.4, -0.2) is 49.7 Å². The lowest BCUT2D eigenvalue weighted by Crippen LogP contribution is -2.26. The summed E-state index contributed by atoms with van der Waals surface area (Å²) in [4.78, 5) is 15.2. The fourth-order valence-electron chi connectivity index (χ4n) is 3.04. The van der Waals surface area contributed by atoms with Crippen molar-refractivity contribution in [2.24, 2.45) is 0 Å². The third-order valence-corrected chi connectivity index (χ3v) is 5.03. The molecule has 7 heteroatoms. The average molecular weight is 401 g/mol. The van der Waals surface area contributed by atoms with Gasteiger partial charge in [-0.05, 0) is 55.3 Å². The van der Waals surface area contributed by atoms with Crippen molar-refractivity contribution in [1.82, 2.24) is 4.90 Å². The second-order valence-electron chi connectivity index (χ2n) is 6.43. The number of ether oxygens (including phenoxy) is 3. The second-order valence-corrected chi connectivity index (χ2v) is 6.82. The van der Waals surface area contributed by atoms with Crippen LogP contribution in [0.25, 0.3) is 0 Å². The Labute approximate surface area is 170 Å². The van der Waals surface area contributed by atoms with Crippen LogP contribution < -0.4 is 19.5 Å². The highest BCUT2D eigenvalue weighted by Crippen LogP contribution is 2.29. The number of hydrogen-bond donors (Lipinski definition) is 1. The molecule has 1 saturated heterocycles. The monoisotopic (exact) mass is 400 g/mol. The Bertz CT molecular complexity index is 833. The van der Waals surface area contributed by atoms with Gasteiger partial charge in [-0.2, -0.15) is 0 Å². The third-order valence-electron chi connectivity index (χ3n) is 4.54. The van der Waals surface area contributed by atoms with Crippen molar-refractivity contribution >= 4 is 28.8 Å². The smallest absolute Gasteiger partial charge is 0.262 e. The Morgan fingerprint density at radius 3 is 2.39 bits per heavy atom. The number of carbonyl (C=O) groups is 1. The first-order chi connectivity index (χ1) is 13.6. The van der Waals surface area contributed by atoms with Gasteiger partial charge in [-0.25, -0.2) is 0 Å². The lowest BCUT2D eigenvalue weighted by atomic mass is 10.2. The summed E-state index contributed by atoms with van der Waals surface area (Å²) in [5.74, 6) is 1.52. The predicted molar refractivity (Wildman–Crippen MR) is 113 cm³/mol. The van der Waals surface area contributed by atoms with Crippen LogP contribution >= 0.6 is 12.2 Å². The highest BCUT2D eigenvalue weighted by molar-refractivity contribution is 7.80. The molecule has 1 fully saturated rings. The quantitative estimate of drug-likeness (QED) is 0.718. The first-order valence-corrected chi connectivity index (χ1v) is 9.55. The van der Waals surface area contributed by atoms with Crippen LogP contribution in [0.5, 0.6) is 17.2 Å². The number of nitrogens with one attached hydrogen (secondary N) is 1. The summed E-state index contributed by atoms with van der Waals surface area (Å²) in [6, 6.07) is 12.6. The molecular formula is C21H24N2O4S. The lowest BCUT2D eigenvalue weighted by molar-refractivity contribution is -0.118. The Balaban J connectivity index is 1.59. The van der Waals surface area contributed by atoms with Crippen molar-refractivity contribution in [3.63, 3.8) is 0 Å². The minimum Gasteiger partial charge on any atom is -0.497 e. The summed E-state index contributed by atoms with van der Waals surface area (Å²) in [6.07, 6.45) is 2.34. The molecule has 28 heavy (non-hydrogen) atoms. The van der Waals surface area contributed by atoms with Crippen molar-refractivity contribution < 1.29 is 19.0 Å². The standard InChI is InChI=1S/C21H24N2O4S/c1-25-17-8-6-16(7-9-17)22-20(24)14-27-18-10-5-15(13-19(18)26-2)21(28)23-11-3-4-12-23/h5-10,13H,3-4,11-12,14H2,1-2H3,(H,22,24). The molecule has 1 heterocycles. The molecule has 0 saturated carbocycles.